The summed E-state index contributed by atoms with van der Waals surface area (Å²) < 4.78 is 0. The molecule has 1 nitrogen and oxygen atoms in total. The molecule has 1 heterocycles. The number of allylic oxidation sites excluding steroid dienone is 1. The summed E-state index contributed by atoms with van der Waals surface area (Å²) >= 11 is 6.11. The van der Waals surface area contributed by atoms with E-state index in [2.05, 4.69) is 37.5 Å². The minimum Gasteiger partial charge on any atom is -0.371 e. The van der Waals surface area contributed by atoms with Crippen LogP contribution in [0.25, 0.3) is 0 Å². The van der Waals surface area contributed by atoms with Crippen LogP contribution in [0.2, 0.25) is 5.02 Å². The quantitative estimate of drug-likeness (QED) is 0.701. The Morgan fingerprint density at radius 1 is 1.40 bits per heavy atom. The summed E-state index contributed by atoms with van der Waals surface area (Å²) in [6.45, 7) is 10.1. The van der Waals surface area contributed by atoms with E-state index >= 15 is 0 Å². The minimum absolute atomic E-state index is 0.887. The first-order valence-electron chi connectivity index (χ1n) is 5.26. The van der Waals surface area contributed by atoms with Crippen LogP contribution in [-0.4, -0.2) is 11.4 Å². The van der Waals surface area contributed by atoms with Crippen LogP contribution in [-0.2, 0) is 13.0 Å². The highest BCUT2D eigenvalue weighted by Crippen LogP contribution is 2.26. The fourth-order valence-electron chi connectivity index (χ4n) is 2.03. The molecular formula is C13H16ClN. The van der Waals surface area contributed by atoms with Crippen molar-refractivity contribution in [1.82, 2.24) is 4.90 Å². The van der Waals surface area contributed by atoms with E-state index in [1.54, 1.807) is 0 Å². The zero-order valence-corrected chi connectivity index (χ0v) is 10.1. The van der Waals surface area contributed by atoms with Gasteiger partial charge in [-0.15, -0.1) is 0 Å². The number of hydrogen-bond acceptors (Lipinski definition) is 1. The van der Waals surface area contributed by atoms with E-state index in [9.17, 15) is 0 Å². The Morgan fingerprint density at radius 2 is 2.13 bits per heavy atom. The molecule has 0 aliphatic carbocycles. The van der Waals surface area contributed by atoms with E-state index in [-0.39, 0.29) is 0 Å². The molecule has 0 bridgehead atoms. The van der Waals surface area contributed by atoms with E-state index in [0.29, 0.717) is 0 Å². The molecule has 2 rings (SSSR count). The van der Waals surface area contributed by atoms with Crippen LogP contribution in [0.3, 0.4) is 0 Å². The van der Waals surface area contributed by atoms with Crippen LogP contribution in [0.4, 0.5) is 0 Å². The van der Waals surface area contributed by atoms with Gasteiger partial charge in [0.15, 0.2) is 0 Å². The van der Waals surface area contributed by atoms with Gasteiger partial charge in [-0.05, 0) is 43.0 Å². The molecule has 80 valence electrons. The van der Waals surface area contributed by atoms with Gasteiger partial charge < -0.3 is 4.90 Å². The molecule has 0 saturated heterocycles. The largest absolute Gasteiger partial charge is 0.371 e. The molecule has 0 saturated carbocycles. The third-order valence-corrected chi connectivity index (χ3v) is 3.44. The molecule has 0 N–H and O–H groups in total. The third-order valence-electron chi connectivity index (χ3n) is 3.03. The van der Waals surface area contributed by atoms with Gasteiger partial charge in [0.2, 0.25) is 0 Å². The molecule has 15 heavy (non-hydrogen) atoms. The van der Waals surface area contributed by atoms with Crippen molar-refractivity contribution >= 4 is 11.6 Å². The van der Waals surface area contributed by atoms with Crippen LogP contribution < -0.4 is 0 Å². The summed E-state index contributed by atoms with van der Waals surface area (Å²) in [5.74, 6) is 0. The minimum atomic E-state index is 0.887. The van der Waals surface area contributed by atoms with Crippen molar-refractivity contribution in [3.05, 3.63) is 46.1 Å². The van der Waals surface area contributed by atoms with Crippen molar-refractivity contribution < 1.29 is 0 Å². The van der Waals surface area contributed by atoms with Crippen molar-refractivity contribution in [2.45, 2.75) is 26.8 Å². The number of fused-ring (bicyclic) bond motifs is 1. The smallest absolute Gasteiger partial charge is 0.0438 e. The zero-order valence-electron chi connectivity index (χ0n) is 9.31. The summed E-state index contributed by atoms with van der Waals surface area (Å²) in [6.07, 6.45) is 1.07. The van der Waals surface area contributed by atoms with Gasteiger partial charge in [-0.2, -0.15) is 0 Å². The predicted molar refractivity (Wildman–Crippen MR) is 65.1 cm³/mol. The lowest BCUT2D eigenvalue weighted by Gasteiger charge is -2.31. The first-order valence-corrected chi connectivity index (χ1v) is 5.64. The van der Waals surface area contributed by atoms with E-state index < -0.39 is 0 Å². The Balaban J connectivity index is 2.34. The van der Waals surface area contributed by atoms with E-state index in [0.717, 1.165) is 30.2 Å². The maximum atomic E-state index is 6.11. The highest BCUT2D eigenvalue weighted by atomic mass is 35.5. The maximum Gasteiger partial charge on any atom is 0.0438 e. The lowest BCUT2D eigenvalue weighted by molar-refractivity contribution is 0.324. The van der Waals surface area contributed by atoms with Crippen molar-refractivity contribution in [3.63, 3.8) is 0 Å². The van der Waals surface area contributed by atoms with Crippen LogP contribution >= 0.6 is 11.6 Å². The Bertz CT molecular complexity index is 409. The topological polar surface area (TPSA) is 3.24 Å². The molecule has 1 aliphatic rings. The molecule has 0 unspecified atom stereocenters. The van der Waals surface area contributed by atoms with Crippen LogP contribution in [0.5, 0.6) is 0 Å². The molecule has 1 aliphatic heterocycles. The normalized spacial score (nSPS) is 15.0. The Kier molecular flexibility index (Phi) is 2.74. The molecule has 2 heteroatoms. The summed E-state index contributed by atoms with van der Waals surface area (Å²) in [6, 6.07) is 4.31. The summed E-state index contributed by atoms with van der Waals surface area (Å²) in [5.41, 5.74) is 5.10. The number of halogens is 1. The van der Waals surface area contributed by atoms with Crippen LogP contribution in [0, 0.1) is 6.92 Å². The standard InChI is InChI=1S/C13H16ClN/c1-9(2)15-5-4-11-7-13(14)10(3)6-12(11)8-15/h6-7H,1,4-5,8H2,2-3H3. The number of rotatable bonds is 1. The summed E-state index contributed by atoms with van der Waals surface area (Å²) in [7, 11) is 0. The monoisotopic (exact) mass is 221 g/mol. The zero-order chi connectivity index (χ0) is 11.0. The number of nitrogens with zero attached hydrogens (tertiary/aromatic N) is 1. The van der Waals surface area contributed by atoms with Gasteiger partial charge in [0, 0.05) is 23.8 Å². The average molecular weight is 222 g/mol. The molecular weight excluding hydrogens is 206 g/mol. The second-order valence-electron chi connectivity index (χ2n) is 4.28. The molecule has 1 aromatic carbocycles. The first kappa shape index (κ1) is 10.6. The fourth-order valence-corrected chi connectivity index (χ4v) is 2.21. The van der Waals surface area contributed by atoms with Crippen molar-refractivity contribution in [3.8, 4) is 0 Å². The van der Waals surface area contributed by atoms with Gasteiger partial charge in [-0.25, -0.2) is 0 Å². The summed E-state index contributed by atoms with van der Waals surface area (Å²) in [5, 5.41) is 0.887. The van der Waals surface area contributed by atoms with Gasteiger partial charge in [0.25, 0.3) is 0 Å². The molecule has 1 aromatic rings. The van der Waals surface area contributed by atoms with Gasteiger partial charge in [0.05, 0.1) is 0 Å². The third kappa shape index (κ3) is 2.03. The highest BCUT2D eigenvalue weighted by molar-refractivity contribution is 6.31. The van der Waals surface area contributed by atoms with Crippen LogP contribution in [0.15, 0.2) is 24.4 Å². The predicted octanol–water partition coefficient (Wildman–Crippen LogP) is 3.54. The Morgan fingerprint density at radius 3 is 2.80 bits per heavy atom. The number of aryl methyl sites for hydroxylation is 1. The second-order valence-corrected chi connectivity index (χ2v) is 4.68. The lowest BCUT2D eigenvalue weighted by Crippen LogP contribution is -2.28. The fraction of sp³-hybridized carbons (Fsp3) is 0.385. The first-order chi connectivity index (χ1) is 7.08. The number of benzene rings is 1. The molecule has 0 spiro atoms. The summed E-state index contributed by atoms with van der Waals surface area (Å²) in [4.78, 5) is 2.32. The SMILES string of the molecule is C=C(C)N1CCc2cc(Cl)c(C)cc2C1. The van der Waals surface area contributed by atoms with Crippen molar-refractivity contribution in [2.75, 3.05) is 6.54 Å². The second kappa shape index (κ2) is 3.90. The van der Waals surface area contributed by atoms with Gasteiger partial charge in [-0.1, -0.05) is 24.2 Å². The Labute approximate surface area is 96.4 Å². The molecule has 0 radical (unpaired) electrons. The van der Waals surface area contributed by atoms with Gasteiger partial charge in [0.1, 0.15) is 0 Å². The van der Waals surface area contributed by atoms with Gasteiger partial charge >= 0.3 is 0 Å². The number of hydrogen-bond donors (Lipinski definition) is 0. The van der Waals surface area contributed by atoms with E-state index in [1.165, 1.54) is 16.7 Å². The Hall–Kier alpha value is -0.950. The van der Waals surface area contributed by atoms with E-state index in [1.807, 2.05) is 0 Å². The van der Waals surface area contributed by atoms with Crippen molar-refractivity contribution in [2.24, 2.45) is 0 Å². The molecule has 0 amide bonds. The average Bonchev–Trinajstić information content (AvgIpc) is 2.19. The van der Waals surface area contributed by atoms with Crippen LogP contribution in [0.1, 0.15) is 23.6 Å². The lowest BCUT2D eigenvalue weighted by atomic mass is 9.97. The molecule has 0 aromatic heterocycles. The molecule has 0 fully saturated rings. The maximum absolute atomic E-state index is 6.11. The highest BCUT2D eigenvalue weighted by Gasteiger charge is 2.16. The van der Waals surface area contributed by atoms with E-state index in [4.69, 9.17) is 11.6 Å². The van der Waals surface area contributed by atoms with Gasteiger partial charge in [-0.3, -0.25) is 0 Å². The molecule has 0 atom stereocenters. The van der Waals surface area contributed by atoms with Crippen molar-refractivity contribution in [1.29, 1.82) is 0 Å².